The first-order chi connectivity index (χ1) is 9.43. The van der Waals surface area contributed by atoms with Gasteiger partial charge in [0, 0.05) is 7.05 Å². The van der Waals surface area contributed by atoms with Crippen LogP contribution in [0.2, 0.25) is 0 Å². The summed E-state index contributed by atoms with van der Waals surface area (Å²) in [6, 6.07) is 4.27. The summed E-state index contributed by atoms with van der Waals surface area (Å²) in [6.45, 7) is 8.93. The molecule has 0 atom stereocenters. The molecular formula is C16H21BrN2O. The summed E-state index contributed by atoms with van der Waals surface area (Å²) in [4.78, 5) is 0. The van der Waals surface area contributed by atoms with Crippen LogP contribution in [0.1, 0.15) is 35.0 Å². The Morgan fingerprint density at radius 2 is 1.95 bits per heavy atom. The minimum atomic E-state index is 0.522. The second kappa shape index (κ2) is 6.00. The third-order valence-electron chi connectivity index (χ3n) is 3.63. The Bertz CT molecular complexity index is 632. The number of aromatic nitrogens is 2. The van der Waals surface area contributed by atoms with Crippen LogP contribution < -0.4 is 4.74 Å². The summed E-state index contributed by atoms with van der Waals surface area (Å²) in [6.07, 6.45) is 0.914. The van der Waals surface area contributed by atoms with Gasteiger partial charge in [-0.2, -0.15) is 5.10 Å². The molecule has 0 radical (unpaired) electrons. The number of aryl methyl sites for hydroxylation is 4. The van der Waals surface area contributed by atoms with Crippen molar-refractivity contribution in [3.63, 3.8) is 0 Å². The van der Waals surface area contributed by atoms with E-state index in [2.05, 4.69) is 60.9 Å². The Labute approximate surface area is 129 Å². The van der Waals surface area contributed by atoms with Crippen molar-refractivity contribution in [2.24, 2.45) is 7.05 Å². The molecule has 108 valence electrons. The van der Waals surface area contributed by atoms with E-state index in [1.807, 2.05) is 11.7 Å². The van der Waals surface area contributed by atoms with E-state index in [9.17, 15) is 0 Å². The average molecular weight is 337 g/mol. The van der Waals surface area contributed by atoms with Crippen molar-refractivity contribution in [3.05, 3.63) is 44.7 Å². The molecule has 1 aromatic carbocycles. The summed E-state index contributed by atoms with van der Waals surface area (Å²) in [5, 5.41) is 4.49. The highest BCUT2D eigenvalue weighted by atomic mass is 79.9. The van der Waals surface area contributed by atoms with Gasteiger partial charge in [-0.15, -0.1) is 0 Å². The molecule has 0 unspecified atom stereocenters. The molecule has 3 nitrogen and oxygen atoms in total. The number of benzene rings is 1. The molecule has 0 aliphatic carbocycles. The van der Waals surface area contributed by atoms with Crippen LogP contribution in [0.15, 0.2) is 16.6 Å². The normalized spacial score (nSPS) is 10.9. The number of nitrogens with zero attached hydrogens (tertiary/aromatic N) is 2. The Kier molecular flexibility index (Phi) is 4.53. The molecule has 0 N–H and O–H groups in total. The van der Waals surface area contributed by atoms with Gasteiger partial charge in [0.15, 0.2) is 0 Å². The number of halogens is 1. The second-order valence-electron chi connectivity index (χ2n) is 5.18. The van der Waals surface area contributed by atoms with Gasteiger partial charge in [0.05, 0.1) is 15.9 Å². The maximum absolute atomic E-state index is 6.01. The summed E-state index contributed by atoms with van der Waals surface area (Å²) in [5.74, 6) is 0.952. The second-order valence-corrected chi connectivity index (χ2v) is 5.97. The molecular weight excluding hydrogens is 316 g/mol. The van der Waals surface area contributed by atoms with Gasteiger partial charge in [0.2, 0.25) is 0 Å². The van der Waals surface area contributed by atoms with Crippen molar-refractivity contribution in [1.29, 1.82) is 0 Å². The molecule has 0 aliphatic rings. The first-order valence-electron chi connectivity index (χ1n) is 6.85. The Balaban J connectivity index is 2.23. The van der Waals surface area contributed by atoms with Crippen LogP contribution in [-0.2, 0) is 20.1 Å². The molecule has 2 rings (SSSR count). The minimum Gasteiger partial charge on any atom is -0.487 e. The van der Waals surface area contributed by atoms with Crippen molar-refractivity contribution in [2.75, 3.05) is 0 Å². The highest BCUT2D eigenvalue weighted by Crippen LogP contribution is 2.27. The largest absolute Gasteiger partial charge is 0.487 e. The van der Waals surface area contributed by atoms with Gasteiger partial charge >= 0.3 is 0 Å². The third kappa shape index (κ3) is 2.90. The molecule has 0 aliphatic heterocycles. The van der Waals surface area contributed by atoms with E-state index in [0.29, 0.717) is 6.61 Å². The van der Waals surface area contributed by atoms with E-state index in [-0.39, 0.29) is 0 Å². The quantitative estimate of drug-likeness (QED) is 0.834. The zero-order valence-corrected chi connectivity index (χ0v) is 14.3. The smallest absolute Gasteiger partial charge is 0.131 e. The summed E-state index contributed by atoms with van der Waals surface area (Å²) in [5.41, 5.74) is 5.83. The summed E-state index contributed by atoms with van der Waals surface area (Å²) in [7, 11) is 1.96. The molecule has 2 aromatic rings. The van der Waals surface area contributed by atoms with Gasteiger partial charge in [0.25, 0.3) is 0 Å². The highest BCUT2D eigenvalue weighted by Gasteiger charge is 2.13. The van der Waals surface area contributed by atoms with Gasteiger partial charge in [-0.3, -0.25) is 4.68 Å². The predicted octanol–water partition coefficient (Wildman–Crippen LogP) is 4.25. The lowest BCUT2D eigenvalue weighted by atomic mass is 10.1. The van der Waals surface area contributed by atoms with Crippen LogP contribution in [0.25, 0.3) is 0 Å². The zero-order valence-electron chi connectivity index (χ0n) is 12.7. The van der Waals surface area contributed by atoms with Gasteiger partial charge in [-0.25, -0.2) is 0 Å². The molecule has 0 bridgehead atoms. The van der Waals surface area contributed by atoms with Crippen molar-refractivity contribution in [3.8, 4) is 5.75 Å². The molecule has 0 spiro atoms. The van der Waals surface area contributed by atoms with E-state index >= 15 is 0 Å². The fraction of sp³-hybridized carbons (Fsp3) is 0.438. The van der Waals surface area contributed by atoms with Crippen LogP contribution in [0.3, 0.4) is 0 Å². The predicted molar refractivity (Wildman–Crippen MR) is 85.3 cm³/mol. The number of ether oxygens (including phenoxy) is 1. The van der Waals surface area contributed by atoms with E-state index in [4.69, 9.17) is 4.74 Å². The van der Waals surface area contributed by atoms with Crippen molar-refractivity contribution < 1.29 is 4.74 Å². The first kappa shape index (κ1) is 15.1. The fourth-order valence-corrected chi connectivity index (χ4v) is 3.00. The van der Waals surface area contributed by atoms with E-state index in [1.165, 1.54) is 16.7 Å². The lowest BCUT2D eigenvalue weighted by Gasteiger charge is -2.12. The molecule has 0 amide bonds. The molecule has 0 fully saturated rings. The van der Waals surface area contributed by atoms with Crippen LogP contribution in [0.4, 0.5) is 0 Å². The molecule has 4 heteroatoms. The minimum absolute atomic E-state index is 0.522. The van der Waals surface area contributed by atoms with Crippen LogP contribution in [-0.4, -0.2) is 9.78 Å². The Hall–Kier alpha value is -1.29. The van der Waals surface area contributed by atoms with Crippen LogP contribution in [0, 0.1) is 20.8 Å². The average Bonchev–Trinajstić information content (AvgIpc) is 2.67. The van der Waals surface area contributed by atoms with Crippen molar-refractivity contribution in [1.82, 2.24) is 9.78 Å². The van der Waals surface area contributed by atoms with Gasteiger partial charge in [0.1, 0.15) is 12.4 Å². The monoisotopic (exact) mass is 336 g/mol. The molecule has 1 aromatic heterocycles. The highest BCUT2D eigenvalue weighted by molar-refractivity contribution is 9.10. The van der Waals surface area contributed by atoms with Crippen molar-refractivity contribution >= 4 is 15.9 Å². The fourth-order valence-electron chi connectivity index (χ4n) is 2.27. The van der Waals surface area contributed by atoms with E-state index in [1.54, 1.807) is 0 Å². The summed E-state index contributed by atoms with van der Waals surface area (Å²) >= 11 is 3.62. The standard InChI is InChI=1S/C16H21BrN2O/c1-6-13-16(17)14(19(5)18-13)9-20-15-8-10(2)7-11(3)12(15)4/h7-8H,6,9H2,1-5H3. The maximum Gasteiger partial charge on any atom is 0.131 e. The topological polar surface area (TPSA) is 27.1 Å². The number of rotatable bonds is 4. The molecule has 1 heterocycles. The first-order valence-corrected chi connectivity index (χ1v) is 7.64. The lowest BCUT2D eigenvalue weighted by Crippen LogP contribution is -2.05. The Morgan fingerprint density at radius 1 is 1.25 bits per heavy atom. The molecule has 0 saturated heterocycles. The maximum atomic E-state index is 6.01. The lowest BCUT2D eigenvalue weighted by molar-refractivity contribution is 0.291. The van der Waals surface area contributed by atoms with E-state index < -0.39 is 0 Å². The van der Waals surface area contributed by atoms with Gasteiger partial charge in [-0.1, -0.05) is 13.0 Å². The number of hydrogen-bond donors (Lipinski definition) is 0. The number of hydrogen-bond acceptors (Lipinski definition) is 2. The van der Waals surface area contributed by atoms with Gasteiger partial charge < -0.3 is 4.74 Å². The van der Waals surface area contributed by atoms with Crippen molar-refractivity contribution in [2.45, 2.75) is 40.7 Å². The summed E-state index contributed by atoms with van der Waals surface area (Å²) < 4.78 is 8.96. The molecule has 0 saturated carbocycles. The SMILES string of the molecule is CCc1nn(C)c(COc2cc(C)cc(C)c2C)c1Br. The Morgan fingerprint density at radius 3 is 2.55 bits per heavy atom. The van der Waals surface area contributed by atoms with E-state index in [0.717, 1.165) is 28.0 Å². The van der Waals surface area contributed by atoms with Gasteiger partial charge in [-0.05, 0) is 65.9 Å². The molecule has 20 heavy (non-hydrogen) atoms. The van der Waals surface area contributed by atoms with Crippen LogP contribution in [0.5, 0.6) is 5.75 Å². The van der Waals surface area contributed by atoms with Crippen LogP contribution >= 0.6 is 15.9 Å². The zero-order chi connectivity index (χ0) is 14.9. The third-order valence-corrected chi connectivity index (χ3v) is 4.55.